The number of thioether (sulfide) groups is 1. The molecule has 160 valence electrons. The van der Waals surface area contributed by atoms with Gasteiger partial charge < -0.3 is 0 Å². The van der Waals surface area contributed by atoms with Crippen LogP contribution < -0.4 is 5.43 Å². The molecule has 0 saturated carbocycles. The van der Waals surface area contributed by atoms with Gasteiger partial charge in [-0.1, -0.05) is 59.3 Å². The maximum Gasteiger partial charge on any atom is 0.250 e. The van der Waals surface area contributed by atoms with Crippen molar-refractivity contribution in [2.24, 2.45) is 5.10 Å². The Kier molecular flexibility index (Phi) is 6.94. The van der Waals surface area contributed by atoms with Crippen molar-refractivity contribution < 1.29 is 4.79 Å². The minimum absolute atomic E-state index is 0.129. The van der Waals surface area contributed by atoms with Crippen LogP contribution in [0.15, 0.2) is 83.3 Å². The van der Waals surface area contributed by atoms with Gasteiger partial charge in [0.1, 0.15) is 0 Å². The van der Waals surface area contributed by atoms with Crippen LogP contribution in [0.3, 0.4) is 0 Å². The molecule has 0 atom stereocenters. The van der Waals surface area contributed by atoms with E-state index in [1.165, 1.54) is 11.8 Å². The number of amides is 1. The molecule has 7 nitrogen and oxygen atoms in total. The normalized spacial score (nSPS) is 11.1. The van der Waals surface area contributed by atoms with E-state index >= 15 is 0 Å². The number of benzene rings is 2. The van der Waals surface area contributed by atoms with E-state index in [1.807, 2.05) is 66.1 Å². The van der Waals surface area contributed by atoms with Gasteiger partial charge in [0, 0.05) is 34.2 Å². The Morgan fingerprint density at radius 2 is 1.91 bits per heavy atom. The second kappa shape index (κ2) is 10.2. The van der Waals surface area contributed by atoms with Crippen LogP contribution in [0, 0.1) is 6.92 Å². The largest absolute Gasteiger partial charge is 0.272 e. The first-order chi connectivity index (χ1) is 15.6. The van der Waals surface area contributed by atoms with E-state index in [0.717, 1.165) is 22.4 Å². The highest BCUT2D eigenvalue weighted by molar-refractivity contribution is 7.99. The fourth-order valence-corrected chi connectivity index (χ4v) is 3.74. The smallest absolute Gasteiger partial charge is 0.250 e. The summed E-state index contributed by atoms with van der Waals surface area (Å²) in [6.07, 6.45) is 4.88. The van der Waals surface area contributed by atoms with E-state index in [9.17, 15) is 4.79 Å². The molecule has 9 heteroatoms. The molecule has 0 aliphatic rings. The Hall–Kier alpha value is -3.49. The molecule has 2 aromatic carbocycles. The van der Waals surface area contributed by atoms with Gasteiger partial charge in [-0.15, -0.1) is 10.2 Å². The van der Waals surface area contributed by atoms with Gasteiger partial charge in [0.15, 0.2) is 11.0 Å². The van der Waals surface area contributed by atoms with E-state index in [2.05, 4.69) is 25.7 Å². The third-order valence-corrected chi connectivity index (χ3v) is 5.63. The van der Waals surface area contributed by atoms with Gasteiger partial charge in [-0.2, -0.15) is 5.10 Å². The number of carbonyl (C=O) groups excluding carboxylic acids is 1. The molecule has 4 aromatic rings. The number of halogens is 1. The second-order valence-electron chi connectivity index (χ2n) is 6.85. The summed E-state index contributed by atoms with van der Waals surface area (Å²) in [7, 11) is 0. The first-order valence-electron chi connectivity index (χ1n) is 9.73. The van der Waals surface area contributed by atoms with Crippen molar-refractivity contribution in [1.29, 1.82) is 0 Å². The van der Waals surface area contributed by atoms with Crippen molar-refractivity contribution >= 4 is 35.5 Å². The van der Waals surface area contributed by atoms with Crippen molar-refractivity contribution in [3.63, 3.8) is 0 Å². The molecule has 0 saturated heterocycles. The molecule has 0 fully saturated rings. The van der Waals surface area contributed by atoms with E-state index in [1.54, 1.807) is 24.7 Å². The molecule has 2 heterocycles. The summed E-state index contributed by atoms with van der Waals surface area (Å²) in [5, 5.41) is 13.9. The van der Waals surface area contributed by atoms with E-state index in [-0.39, 0.29) is 11.7 Å². The number of nitrogens with zero attached hydrogens (tertiary/aromatic N) is 5. The number of pyridine rings is 1. The number of hydrogen-bond donors (Lipinski definition) is 1. The minimum Gasteiger partial charge on any atom is -0.272 e. The number of carbonyl (C=O) groups is 1. The van der Waals surface area contributed by atoms with Gasteiger partial charge in [0.2, 0.25) is 0 Å². The van der Waals surface area contributed by atoms with Crippen LogP contribution in [-0.2, 0) is 4.79 Å². The van der Waals surface area contributed by atoms with Crippen LogP contribution in [0.2, 0.25) is 5.02 Å². The van der Waals surface area contributed by atoms with Crippen molar-refractivity contribution in [1.82, 2.24) is 25.2 Å². The predicted octanol–water partition coefficient (Wildman–Crippen LogP) is 4.53. The first kappa shape index (κ1) is 21.7. The number of hydrogen-bond acceptors (Lipinski definition) is 6. The fraction of sp³-hybridized carbons (Fsp3) is 0.0870. The third-order valence-electron chi connectivity index (χ3n) is 4.45. The zero-order valence-electron chi connectivity index (χ0n) is 17.1. The van der Waals surface area contributed by atoms with Crippen molar-refractivity contribution in [2.75, 3.05) is 5.75 Å². The zero-order valence-corrected chi connectivity index (χ0v) is 18.7. The second-order valence-corrected chi connectivity index (χ2v) is 8.23. The van der Waals surface area contributed by atoms with Crippen molar-refractivity contribution in [3.8, 4) is 17.1 Å². The summed E-state index contributed by atoms with van der Waals surface area (Å²) in [6, 6.07) is 19.1. The summed E-state index contributed by atoms with van der Waals surface area (Å²) < 4.78 is 1.91. The highest BCUT2D eigenvalue weighted by Crippen LogP contribution is 2.28. The highest BCUT2D eigenvalue weighted by atomic mass is 35.5. The molecule has 0 radical (unpaired) electrons. The van der Waals surface area contributed by atoms with Crippen LogP contribution in [0.4, 0.5) is 0 Å². The number of aryl methyl sites for hydroxylation is 1. The van der Waals surface area contributed by atoms with Gasteiger partial charge in [-0.05, 0) is 37.3 Å². The molecule has 0 aliphatic heterocycles. The summed E-state index contributed by atoms with van der Waals surface area (Å²) in [5.41, 5.74) is 6.25. The molecule has 0 bridgehead atoms. The predicted molar refractivity (Wildman–Crippen MR) is 127 cm³/mol. The van der Waals surface area contributed by atoms with Crippen LogP contribution in [-0.4, -0.2) is 37.6 Å². The lowest BCUT2D eigenvalue weighted by atomic mass is 10.1. The molecule has 0 aliphatic carbocycles. The maximum absolute atomic E-state index is 12.3. The molecule has 1 amide bonds. The summed E-state index contributed by atoms with van der Waals surface area (Å²) in [4.78, 5) is 16.3. The Morgan fingerprint density at radius 3 is 2.62 bits per heavy atom. The van der Waals surface area contributed by atoms with Crippen LogP contribution in [0.5, 0.6) is 0 Å². The average molecular weight is 463 g/mol. The molecule has 0 spiro atoms. The summed E-state index contributed by atoms with van der Waals surface area (Å²) >= 11 is 7.34. The number of aromatic nitrogens is 4. The number of rotatable bonds is 7. The first-order valence-corrected chi connectivity index (χ1v) is 11.1. The van der Waals surface area contributed by atoms with Crippen molar-refractivity contribution in [2.45, 2.75) is 12.1 Å². The third kappa shape index (κ3) is 5.40. The average Bonchev–Trinajstić information content (AvgIpc) is 3.23. The number of hydrazone groups is 1. The quantitative estimate of drug-likeness (QED) is 0.248. The molecular weight excluding hydrogens is 444 g/mol. The summed E-state index contributed by atoms with van der Waals surface area (Å²) in [6.45, 7) is 2.03. The lowest BCUT2D eigenvalue weighted by molar-refractivity contribution is -0.118. The van der Waals surface area contributed by atoms with E-state index < -0.39 is 0 Å². The lowest BCUT2D eigenvalue weighted by Crippen LogP contribution is -2.20. The van der Waals surface area contributed by atoms with E-state index in [4.69, 9.17) is 11.6 Å². The van der Waals surface area contributed by atoms with Crippen LogP contribution in [0.1, 0.15) is 11.1 Å². The molecule has 0 unspecified atom stereocenters. The molecule has 2 aromatic heterocycles. The van der Waals surface area contributed by atoms with Gasteiger partial charge >= 0.3 is 0 Å². The number of nitrogens with one attached hydrogen (secondary N) is 1. The minimum atomic E-state index is -0.252. The lowest BCUT2D eigenvalue weighted by Gasteiger charge is -2.10. The Morgan fingerprint density at radius 1 is 1.12 bits per heavy atom. The Bertz CT molecular complexity index is 1220. The zero-order chi connectivity index (χ0) is 22.3. The monoisotopic (exact) mass is 462 g/mol. The van der Waals surface area contributed by atoms with Gasteiger partial charge in [0.25, 0.3) is 5.91 Å². The van der Waals surface area contributed by atoms with Gasteiger partial charge in [-0.3, -0.25) is 14.3 Å². The Labute approximate surface area is 194 Å². The fourth-order valence-electron chi connectivity index (χ4n) is 2.87. The van der Waals surface area contributed by atoms with Gasteiger partial charge in [-0.25, -0.2) is 5.43 Å². The van der Waals surface area contributed by atoms with Crippen molar-refractivity contribution in [3.05, 3.63) is 89.2 Å². The highest BCUT2D eigenvalue weighted by Gasteiger charge is 2.17. The SMILES string of the molecule is Cc1ccc(-c2nnc(SCC(=O)NN=Cc3cccnc3)n2-c2ccc(Cl)cc2)cc1. The maximum atomic E-state index is 12.3. The van der Waals surface area contributed by atoms with Gasteiger partial charge in [0.05, 0.1) is 12.0 Å². The molecule has 1 N–H and O–H groups in total. The topological polar surface area (TPSA) is 85.1 Å². The molecule has 4 rings (SSSR count). The molecule has 32 heavy (non-hydrogen) atoms. The molecular formula is C23H19ClN6OS. The Balaban J connectivity index is 1.53. The van der Waals surface area contributed by atoms with Crippen LogP contribution in [0.25, 0.3) is 17.1 Å². The standard InChI is InChI=1S/C23H19ClN6OS/c1-16-4-6-18(7-5-16)22-28-29-23(30(22)20-10-8-19(24)9-11-20)32-15-21(31)27-26-14-17-3-2-12-25-13-17/h2-14H,15H2,1H3,(H,27,31). The van der Waals surface area contributed by atoms with Crippen LogP contribution >= 0.6 is 23.4 Å². The van der Waals surface area contributed by atoms with E-state index in [0.29, 0.717) is 16.0 Å². The summed E-state index contributed by atoms with van der Waals surface area (Å²) in [5.74, 6) is 0.562.